The summed E-state index contributed by atoms with van der Waals surface area (Å²) in [7, 11) is -3.35. The van der Waals surface area contributed by atoms with Crippen molar-refractivity contribution in [3.05, 3.63) is 94.5 Å². The fourth-order valence-electron chi connectivity index (χ4n) is 6.38. The Morgan fingerprint density at radius 1 is 1.10 bits per heavy atom. The van der Waals surface area contributed by atoms with Crippen LogP contribution in [-0.2, 0) is 27.6 Å². The molecule has 2 aromatic carbocycles. The fraction of sp³-hybridized carbons (Fsp3) is 0.306. The van der Waals surface area contributed by atoms with Crippen LogP contribution in [0, 0.1) is 5.92 Å². The molecule has 0 unspecified atom stereocenters. The van der Waals surface area contributed by atoms with Gasteiger partial charge in [0.1, 0.15) is 5.75 Å². The number of rotatable bonds is 9. The van der Waals surface area contributed by atoms with Gasteiger partial charge >= 0.3 is 0 Å². The summed E-state index contributed by atoms with van der Waals surface area (Å²) in [4.78, 5) is 38.1. The van der Waals surface area contributed by atoms with E-state index in [1.807, 2.05) is 25.1 Å². The zero-order valence-corrected chi connectivity index (χ0v) is 29.0. The van der Waals surface area contributed by atoms with Crippen molar-refractivity contribution in [2.24, 2.45) is 11.7 Å². The zero-order chi connectivity index (χ0) is 34.8. The third-order valence-electron chi connectivity index (χ3n) is 9.17. The number of primary amides is 1. The number of carbonyl (C=O) groups excluding carboxylic acids is 2. The summed E-state index contributed by atoms with van der Waals surface area (Å²) < 4.78 is 32.2. The molecule has 4 heterocycles. The van der Waals surface area contributed by atoms with Crippen molar-refractivity contribution in [3.8, 4) is 16.9 Å². The quantitative estimate of drug-likeness (QED) is 0.199. The number of hydrogen-bond donors (Lipinski definition) is 1. The van der Waals surface area contributed by atoms with Gasteiger partial charge in [0.25, 0.3) is 11.8 Å². The van der Waals surface area contributed by atoms with E-state index >= 15 is 0 Å². The van der Waals surface area contributed by atoms with E-state index in [1.54, 1.807) is 72.2 Å². The van der Waals surface area contributed by atoms with Gasteiger partial charge in [-0.05, 0) is 93.5 Å². The minimum absolute atomic E-state index is 0.211. The summed E-state index contributed by atoms with van der Waals surface area (Å²) in [6.07, 6.45) is 7.08. The number of fused-ring (bicyclic) bond motifs is 2. The molecule has 2 aliphatic rings. The molecule has 7 rings (SSSR count). The monoisotopic (exact) mass is 698 g/mol. The Morgan fingerprint density at radius 2 is 1.84 bits per heavy atom. The van der Waals surface area contributed by atoms with Gasteiger partial charge in [0.05, 0.1) is 51.3 Å². The van der Waals surface area contributed by atoms with Crippen LogP contribution in [0.5, 0.6) is 5.75 Å². The number of nitrogens with zero attached hydrogens (tertiary/aromatic N) is 5. The molecule has 0 radical (unpaired) electrons. The van der Waals surface area contributed by atoms with Gasteiger partial charge in [0, 0.05) is 23.4 Å². The molecule has 2 N–H and O–H groups in total. The Morgan fingerprint density at radius 3 is 2.47 bits per heavy atom. The van der Waals surface area contributed by atoms with Gasteiger partial charge in [-0.2, -0.15) is 5.10 Å². The highest BCUT2D eigenvalue weighted by atomic mass is 35.5. The summed E-state index contributed by atoms with van der Waals surface area (Å²) in [6.45, 7) is 5.60. The molecule has 3 aromatic heterocycles. The third-order valence-corrected chi connectivity index (χ3v) is 10.5. The van der Waals surface area contributed by atoms with Crippen molar-refractivity contribution in [1.82, 2.24) is 19.7 Å². The molecule has 5 aromatic rings. The lowest BCUT2D eigenvalue weighted by molar-refractivity contribution is -0.132. The predicted octanol–water partition coefficient (Wildman–Crippen LogP) is 5.92. The van der Waals surface area contributed by atoms with Crippen LogP contribution in [0.4, 0.5) is 5.69 Å². The van der Waals surface area contributed by atoms with Gasteiger partial charge in [-0.3, -0.25) is 19.5 Å². The largest absolute Gasteiger partial charge is 0.476 e. The second-order valence-corrected chi connectivity index (χ2v) is 15.8. The van der Waals surface area contributed by atoms with Crippen molar-refractivity contribution >= 4 is 50.0 Å². The normalized spacial score (nSPS) is 16.3. The Balaban J connectivity index is 1.37. The second kappa shape index (κ2) is 12.0. The van der Waals surface area contributed by atoms with Crippen molar-refractivity contribution in [1.29, 1.82) is 0 Å². The Kier molecular flexibility index (Phi) is 7.98. The summed E-state index contributed by atoms with van der Waals surface area (Å²) >= 11 is 6.05. The highest BCUT2D eigenvalue weighted by Crippen LogP contribution is 2.44. The van der Waals surface area contributed by atoms with E-state index < -0.39 is 21.3 Å². The molecule has 0 saturated heterocycles. The van der Waals surface area contributed by atoms with Crippen molar-refractivity contribution in [3.63, 3.8) is 0 Å². The third kappa shape index (κ3) is 6.15. The van der Waals surface area contributed by atoms with Crippen LogP contribution in [-0.4, -0.2) is 51.8 Å². The number of sulfone groups is 1. The van der Waals surface area contributed by atoms with Crippen LogP contribution in [0.15, 0.2) is 71.9 Å². The molecule has 1 aliphatic carbocycles. The van der Waals surface area contributed by atoms with Crippen LogP contribution in [0.3, 0.4) is 0 Å². The van der Waals surface area contributed by atoms with E-state index in [2.05, 4.69) is 4.98 Å². The number of nitrogens with two attached hydrogens (primary N) is 1. The highest BCUT2D eigenvalue weighted by molar-refractivity contribution is 7.90. The lowest BCUT2D eigenvalue weighted by atomic mass is 9.92. The van der Waals surface area contributed by atoms with Crippen LogP contribution in [0.2, 0.25) is 5.02 Å². The van der Waals surface area contributed by atoms with E-state index in [9.17, 15) is 18.0 Å². The van der Waals surface area contributed by atoms with E-state index in [0.29, 0.717) is 67.9 Å². The molecule has 1 aliphatic heterocycles. The summed E-state index contributed by atoms with van der Waals surface area (Å²) in [5.74, 6) is 0.0517. The number of pyridine rings is 2. The number of benzene rings is 2. The molecule has 1 fully saturated rings. The topological polar surface area (TPSA) is 150 Å². The maximum absolute atomic E-state index is 13.6. The Hall–Kier alpha value is -4.81. The maximum atomic E-state index is 13.6. The summed E-state index contributed by atoms with van der Waals surface area (Å²) in [5, 5.41) is 5.86. The lowest BCUT2D eigenvalue weighted by Gasteiger charge is -2.39. The van der Waals surface area contributed by atoms with Gasteiger partial charge in [0.2, 0.25) is 0 Å². The first-order valence-corrected chi connectivity index (χ1v) is 18.2. The van der Waals surface area contributed by atoms with Gasteiger partial charge in [-0.1, -0.05) is 29.8 Å². The molecule has 252 valence electrons. The molecule has 13 heteroatoms. The van der Waals surface area contributed by atoms with E-state index in [1.165, 1.54) is 6.26 Å². The van der Waals surface area contributed by atoms with Gasteiger partial charge in [-0.25, -0.2) is 18.1 Å². The number of amides is 2. The predicted molar refractivity (Wildman–Crippen MR) is 186 cm³/mol. The number of hydrogen-bond acceptors (Lipinski definition) is 8. The standard InChI is InChI=1S/C36H35ClN6O5S/c1-20(22-7-12-26(13-8-22)49(4,46)47)43-34-27(18-40-43)31(32(33(38)44)28(41-34)15-21-5-6-21)23-9-14-29-30(16-23)48-36(2,3)35(45)42(29)19-25-11-10-24(37)17-39-25/h7-14,16-18,20-21H,5-6,15,19H2,1-4H3,(H2,38,44)/t20-/m0/s1. The Labute approximate surface area is 289 Å². The first-order chi connectivity index (χ1) is 23.2. The van der Waals surface area contributed by atoms with Crippen LogP contribution >= 0.6 is 11.6 Å². The molecule has 11 nitrogen and oxygen atoms in total. The molecular formula is C36H35ClN6O5S. The number of carbonyl (C=O) groups is 2. The van der Waals surface area contributed by atoms with Gasteiger partial charge < -0.3 is 10.5 Å². The smallest absolute Gasteiger partial charge is 0.271 e. The van der Waals surface area contributed by atoms with Gasteiger partial charge in [-0.15, -0.1) is 0 Å². The average Bonchev–Trinajstić information content (AvgIpc) is 3.77. The number of ether oxygens (including phenoxy) is 1. The van der Waals surface area contributed by atoms with E-state index in [-0.39, 0.29) is 23.4 Å². The molecule has 0 bridgehead atoms. The number of halogens is 1. The number of aromatic nitrogens is 4. The summed E-state index contributed by atoms with van der Waals surface area (Å²) in [5.41, 5.74) is 9.75. The maximum Gasteiger partial charge on any atom is 0.271 e. The van der Waals surface area contributed by atoms with Crippen molar-refractivity contribution < 1.29 is 22.7 Å². The SMILES string of the molecule is C[C@@H](c1ccc(S(C)(=O)=O)cc1)n1ncc2c(-c3ccc4c(c3)OC(C)(C)C(=O)N4Cc3ccc(Cl)cn3)c(C(N)=O)c(CC3CC3)nc21. The van der Waals surface area contributed by atoms with Crippen LogP contribution in [0.25, 0.3) is 22.2 Å². The molecular weight excluding hydrogens is 664 g/mol. The van der Waals surface area contributed by atoms with Crippen molar-refractivity contribution in [2.45, 2.75) is 63.1 Å². The summed E-state index contributed by atoms with van der Waals surface area (Å²) in [6, 6.07) is 15.4. The van der Waals surface area contributed by atoms with E-state index in [4.69, 9.17) is 32.2 Å². The second-order valence-electron chi connectivity index (χ2n) is 13.3. The molecule has 1 atom stereocenters. The first kappa shape index (κ1) is 32.7. The average molecular weight is 699 g/mol. The van der Waals surface area contributed by atoms with E-state index in [0.717, 1.165) is 18.4 Å². The molecule has 0 spiro atoms. The molecule has 49 heavy (non-hydrogen) atoms. The Bertz CT molecular complexity index is 2250. The van der Waals surface area contributed by atoms with Gasteiger partial charge in [0.15, 0.2) is 21.1 Å². The number of anilines is 1. The van der Waals surface area contributed by atoms with Crippen molar-refractivity contribution in [2.75, 3.05) is 11.2 Å². The van der Waals surface area contributed by atoms with Crippen LogP contribution < -0.4 is 15.4 Å². The van der Waals surface area contributed by atoms with Crippen LogP contribution in [0.1, 0.15) is 67.0 Å². The lowest BCUT2D eigenvalue weighted by Crippen LogP contribution is -2.52. The minimum Gasteiger partial charge on any atom is -0.476 e. The first-order valence-electron chi connectivity index (χ1n) is 16.0. The molecule has 2 amide bonds. The minimum atomic E-state index is -3.35. The zero-order valence-electron chi connectivity index (χ0n) is 27.5. The molecule has 1 saturated carbocycles. The highest BCUT2D eigenvalue weighted by Gasteiger charge is 2.41. The fourth-order valence-corrected chi connectivity index (χ4v) is 7.12.